The molecule has 11 nitrogen and oxygen atoms in total. The van der Waals surface area contributed by atoms with Gasteiger partial charge in [-0.1, -0.05) is 147 Å². The number of hydrogen-bond donors (Lipinski definition) is 4. The van der Waals surface area contributed by atoms with E-state index in [0.29, 0.717) is 12.8 Å². The number of amides is 1. The molecule has 0 aromatic rings. The summed E-state index contributed by atoms with van der Waals surface area (Å²) in [7, 11) is -4.74. The number of aliphatic hydroxyl groups excluding tert-OH is 1. The molecule has 0 fully saturated rings. The summed E-state index contributed by atoms with van der Waals surface area (Å²) in [5, 5.41) is 21.7. The molecule has 0 rings (SSSR count). The van der Waals surface area contributed by atoms with E-state index >= 15 is 0 Å². The molecule has 304 valence electrons. The van der Waals surface area contributed by atoms with E-state index in [0.717, 1.165) is 57.8 Å². The van der Waals surface area contributed by atoms with Gasteiger partial charge >= 0.3 is 19.8 Å². The molecule has 0 heterocycles. The van der Waals surface area contributed by atoms with Crippen molar-refractivity contribution in [3.05, 3.63) is 24.3 Å². The Morgan fingerprint density at radius 3 is 1.60 bits per heavy atom. The lowest BCUT2D eigenvalue weighted by Gasteiger charge is -2.18. The zero-order valence-corrected chi connectivity index (χ0v) is 33.5. The van der Waals surface area contributed by atoms with Gasteiger partial charge in [0.25, 0.3) is 0 Å². The highest BCUT2D eigenvalue weighted by Gasteiger charge is 2.28. The molecule has 1 amide bonds. The lowest BCUT2D eigenvalue weighted by Crippen LogP contribution is -2.43. The Morgan fingerprint density at radius 1 is 0.615 bits per heavy atom. The summed E-state index contributed by atoms with van der Waals surface area (Å²) in [5.74, 6) is -2.38. The number of hydrogen-bond acceptors (Lipinski definition) is 8. The third-order valence-corrected chi connectivity index (χ3v) is 9.69. The molecular formula is C40H74NO10P. The van der Waals surface area contributed by atoms with E-state index in [-0.39, 0.29) is 12.8 Å². The third kappa shape index (κ3) is 35.0. The number of aliphatic carboxylic acids is 1. The Morgan fingerprint density at radius 2 is 1.06 bits per heavy atom. The molecule has 52 heavy (non-hydrogen) atoms. The zero-order valence-electron chi connectivity index (χ0n) is 32.6. The summed E-state index contributed by atoms with van der Waals surface area (Å²) in [5.41, 5.74) is 0. The quantitative estimate of drug-likeness (QED) is 0.0206. The fourth-order valence-corrected chi connectivity index (χ4v) is 6.29. The second-order valence-electron chi connectivity index (χ2n) is 13.8. The molecule has 12 heteroatoms. The maximum atomic E-state index is 12.2. The van der Waals surface area contributed by atoms with Crippen molar-refractivity contribution in [1.29, 1.82) is 0 Å². The van der Waals surface area contributed by atoms with Crippen LogP contribution in [0.5, 0.6) is 0 Å². The fourth-order valence-electron chi connectivity index (χ4n) is 5.52. The summed E-state index contributed by atoms with van der Waals surface area (Å²) in [6.07, 6.45) is 35.3. The molecular weight excluding hydrogens is 685 g/mol. The van der Waals surface area contributed by atoms with Gasteiger partial charge in [0.05, 0.1) is 13.2 Å². The first kappa shape index (κ1) is 50.0. The van der Waals surface area contributed by atoms with Crippen LogP contribution in [0.4, 0.5) is 0 Å². The van der Waals surface area contributed by atoms with Gasteiger partial charge in [0.2, 0.25) is 5.91 Å². The van der Waals surface area contributed by atoms with Crippen LogP contribution in [0.15, 0.2) is 24.3 Å². The van der Waals surface area contributed by atoms with Crippen LogP contribution in [-0.4, -0.2) is 64.9 Å². The minimum absolute atomic E-state index is 0.146. The Balaban J connectivity index is 3.81. The van der Waals surface area contributed by atoms with Crippen LogP contribution in [0, 0.1) is 0 Å². The van der Waals surface area contributed by atoms with Crippen LogP contribution in [-0.2, 0) is 32.7 Å². The lowest BCUT2D eigenvalue weighted by atomic mass is 10.0. The molecule has 3 unspecified atom stereocenters. The van der Waals surface area contributed by atoms with E-state index in [2.05, 4.69) is 43.5 Å². The second kappa shape index (κ2) is 36.0. The van der Waals surface area contributed by atoms with Gasteiger partial charge in [-0.2, -0.15) is 0 Å². The van der Waals surface area contributed by atoms with Crippen LogP contribution in [0.1, 0.15) is 181 Å². The van der Waals surface area contributed by atoms with E-state index in [1.807, 2.05) is 0 Å². The average Bonchev–Trinajstić information content (AvgIpc) is 3.11. The standard InChI is InChI=1S/C40H74NO10P/c1-3-5-7-9-11-12-13-14-15-16-17-18-19-20-21-22-23-24-26-28-30-32-39(44)49-33-36(42)34-50-52(47,48)51-35-37(40(45)46)41-38(43)31-29-27-25-10-8-6-4-2/h11-12,14-15,36-37,42H,3-10,13,16-35H2,1-2H3,(H,41,43)(H,45,46)(H,47,48)/b12-11-,15-14-. The Labute approximate surface area is 315 Å². The third-order valence-electron chi connectivity index (χ3n) is 8.74. The molecule has 0 saturated carbocycles. The highest BCUT2D eigenvalue weighted by Crippen LogP contribution is 2.43. The van der Waals surface area contributed by atoms with Crippen molar-refractivity contribution in [2.45, 2.75) is 193 Å². The summed E-state index contributed by atoms with van der Waals surface area (Å²) in [4.78, 5) is 45.5. The Kier molecular flexibility index (Phi) is 34.6. The summed E-state index contributed by atoms with van der Waals surface area (Å²) < 4.78 is 26.7. The molecule has 0 aliphatic carbocycles. The van der Waals surface area contributed by atoms with E-state index in [9.17, 15) is 34.1 Å². The minimum Gasteiger partial charge on any atom is -0.480 e. The van der Waals surface area contributed by atoms with Crippen molar-refractivity contribution in [3.8, 4) is 0 Å². The van der Waals surface area contributed by atoms with Gasteiger partial charge < -0.3 is 25.2 Å². The predicted octanol–water partition coefficient (Wildman–Crippen LogP) is 9.89. The Bertz CT molecular complexity index is 989. The van der Waals surface area contributed by atoms with Crippen LogP contribution in [0.25, 0.3) is 0 Å². The number of unbranched alkanes of at least 4 members (excludes halogenated alkanes) is 20. The highest BCUT2D eigenvalue weighted by molar-refractivity contribution is 7.47. The molecule has 0 saturated heterocycles. The van der Waals surface area contributed by atoms with E-state index in [4.69, 9.17) is 13.8 Å². The van der Waals surface area contributed by atoms with Gasteiger partial charge in [-0.25, -0.2) is 9.36 Å². The Hall–Kier alpha value is -2.04. The average molecular weight is 760 g/mol. The van der Waals surface area contributed by atoms with Gasteiger partial charge in [0.15, 0.2) is 6.04 Å². The predicted molar refractivity (Wildman–Crippen MR) is 208 cm³/mol. The van der Waals surface area contributed by atoms with Gasteiger partial charge in [-0.05, 0) is 44.9 Å². The topological polar surface area (TPSA) is 169 Å². The van der Waals surface area contributed by atoms with Crippen LogP contribution in [0.2, 0.25) is 0 Å². The van der Waals surface area contributed by atoms with E-state index < -0.39 is 57.6 Å². The zero-order chi connectivity index (χ0) is 38.5. The molecule has 0 bridgehead atoms. The van der Waals surface area contributed by atoms with Gasteiger partial charge in [-0.15, -0.1) is 0 Å². The molecule has 0 aliphatic heterocycles. The number of carbonyl (C=O) groups excluding carboxylic acids is 2. The first-order valence-corrected chi connectivity index (χ1v) is 21.9. The number of carboxylic acid groups (broad SMARTS) is 1. The molecule has 0 spiro atoms. The summed E-state index contributed by atoms with van der Waals surface area (Å²) >= 11 is 0. The summed E-state index contributed by atoms with van der Waals surface area (Å²) in [6, 6.07) is -1.54. The monoisotopic (exact) mass is 760 g/mol. The number of rotatable bonds is 38. The maximum absolute atomic E-state index is 12.2. The number of carboxylic acids is 1. The number of nitrogens with one attached hydrogen (secondary N) is 1. The van der Waals surface area contributed by atoms with E-state index in [1.54, 1.807) is 0 Å². The molecule has 3 atom stereocenters. The fraction of sp³-hybridized carbons (Fsp3) is 0.825. The van der Waals surface area contributed by atoms with E-state index in [1.165, 1.54) is 83.5 Å². The van der Waals surface area contributed by atoms with Crippen LogP contribution >= 0.6 is 7.82 Å². The molecule has 4 N–H and O–H groups in total. The number of phosphoric acid groups is 1. The normalized spacial score (nSPS) is 14.1. The molecule has 0 aromatic heterocycles. The number of esters is 1. The number of allylic oxidation sites excluding steroid dienone is 4. The van der Waals surface area contributed by atoms with Gasteiger partial charge in [-0.3, -0.25) is 18.6 Å². The smallest absolute Gasteiger partial charge is 0.472 e. The first-order valence-electron chi connectivity index (χ1n) is 20.4. The number of phosphoric ester groups is 1. The van der Waals surface area contributed by atoms with Gasteiger partial charge in [0.1, 0.15) is 12.7 Å². The van der Waals surface area contributed by atoms with Crippen molar-refractivity contribution in [2.24, 2.45) is 0 Å². The second-order valence-corrected chi connectivity index (χ2v) is 15.3. The van der Waals surface area contributed by atoms with Gasteiger partial charge in [0, 0.05) is 12.8 Å². The summed E-state index contributed by atoms with van der Waals surface area (Å²) in [6.45, 7) is 2.49. The van der Waals surface area contributed by atoms with Crippen molar-refractivity contribution >= 4 is 25.7 Å². The molecule has 0 radical (unpaired) electrons. The number of aliphatic hydroxyl groups is 1. The largest absolute Gasteiger partial charge is 0.480 e. The van der Waals surface area contributed by atoms with Crippen LogP contribution in [0.3, 0.4) is 0 Å². The lowest BCUT2D eigenvalue weighted by molar-refractivity contribution is -0.147. The maximum Gasteiger partial charge on any atom is 0.472 e. The van der Waals surface area contributed by atoms with Crippen molar-refractivity contribution < 1.29 is 47.8 Å². The number of carbonyl (C=O) groups is 3. The minimum atomic E-state index is -4.74. The molecule has 0 aliphatic rings. The molecule has 0 aromatic carbocycles. The first-order chi connectivity index (χ1) is 25.1. The SMILES string of the molecule is CCCCC/C=C\C/C=C\CCCCCCCCCCCCCC(=O)OCC(O)COP(=O)(O)OCC(NC(=O)CCCCCCCCC)C(=O)O. The van der Waals surface area contributed by atoms with Crippen LogP contribution < -0.4 is 5.32 Å². The number of ether oxygens (including phenoxy) is 1. The van der Waals surface area contributed by atoms with Crippen molar-refractivity contribution in [3.63, 3.8) is 0 Å². The van der Waals surface area contributed by atoms with Crippen molar-refractivity contribution in [1.82, 2.24) is 5.32 Å². The highest BCUT2D eigenvalue weighted by atomic mass is 31.2. The van der Waals surface area contributed by atoms with Crippen molar-refractivity contribution in [2.75, 3.05) is 19.8 Å².